The van der Waals surface area contributed by atoms with Crippen LogP contribution in [-0.2, 0) is 9.57 Å². The number of hydrogen-bond donors (Lipinski definition) is 6. The number of allylic oxidation sites excluding steroid dienone is 4. The fourth-order valence-corrected chi connectivity index (χ4v) is 4.35. The summed E-state index contributed by atoms with van der Waals surface area (Å²) >= 11 is 0. The topological polar surface area (TPSA) is 145 Å². The lowest BCUT2D eigenvalue weighted by Gasteiger charge is -2.26. The van der Waals surface area contributed by atoms with Crippen molar-refractivity contribution in [2.75, 3.05) is 26.5 Å². The third-order valence-corrected chi connectivity index (χ3v) is 7.49. The monoisotopic (exact) mass is 600 g/mol. The van der Waals surface area contributed by atoms with Gasteiger partial charge >= 0.3 is 0 Å². The highest BCUT2D eigenvalue weighted by atomic mass is 16.6. The third kappa shape index (κ3) is 8.85. The number of hydroxylamine groups is 1. The highest BCUT2D eigenvalue weighted by molar-refractivity contribution is 5.96. The van der Waals surface area contributed by atoms with Crippen molar-refractivity contribution in [3.05, 3.63) is 125 Å². The van der Waals surface area contributed by atoms with Crippen molar-refractivity contribution in [2.24, 2.45) is 11.1 Å². The van der Waals surface area contributed by atoms with E-state index in [-0.39, 0.29) is 22.9 Å². The van der Waals surface area contributed by atoms with Crippen LogP contribution in [0.15, 0.2) is 108 Å². The number of likely N-dealkylation sites (N-methyl/N-ethyl adjacent to an activating group) is 1. The molecule has 1 unspecified atom stereocenters. The summed E-state index contributed by atoms with van der Waals surface area (Å²) in [4.78, 5) is 20.2. The second-order valence-electron chi connectivity index (χ2n) is 11.0. The Morgan fingerprint density at radius 1 is 1.20 bits per heavy atom. The lowest BCUT2D eigenvalue weighted by Crippen LogP contribution is -2.32. The van der Waals surface area contributed by atoms with Crippen molar-refractivity contribution in [3.63, 3.8) is 0 Å². The molecule has 0 spiro atoms. The number of nitrogens with zero attached hydrogens (tertiary/aromatic N) is 1. The average Bonchev–Trinajstić information content (AvgIpc) is 3.77. The van der Waals surface area contributed by atoms with E-state index in [0.717, 1.165) is 24.0 Å². The van der Waals surface area contributed by atoms with Crippen LogP contribution in [0.1, 0.15) is 54.3 Å². The largest absolute Gasteiger partial charge is 0.502 e. The minimum Gasteiger partial charge on any atom is -0.502 e. The molecule has 0 radical (unpaired) electrons. The second kappa shape index (κ2) is 15.1. The first-order chi connectivity index (χ1) is 20.9. The summed E-state index contributed by atoms with van der Waals surface area (Å²) in [6.07, 6.45) is 7.86. The smallest absolute Gasteiger partial charge is 0.255 e. The Balaban J connectivity index is 1.75. The van der Waals surface area contributed by atoms with Crippen LogP contribution in [0.4, 0.5) is 5.69 Å². The Labute approximate surface area is 260 Å². The summed E-state index contributed by atoms with van der Waals surface area (Å²) in [5, 5.41) is 25.1. The molecule has 0 saturated heterocycles. The molecular formula is C34H44N6O4. The molecule has 1 saturated carbocycles. The van der Waals surface area contributed by atoms with Crippen LogP contribution in [-0.4, -0.2) is 43.0 Å². The number of carbonyl (C=O) groups is 1. The minimum atomic E-state index is -1.13. The lowest BCUT2D eigenvalue weighted by molar-refractivity contribution is 0.0965. The van der Waals surface area contributed by atoms with Crippen molar-refractivity contribution >= 4 is 17.4 Å². The normalized spacial score (nSPS) is 15.6. The average molecular weight is 601 g/mol. The molecule has 0 heterocycles. The molecule has 10 heteroatoms. The van der Waals surface area contributed by atoms with Crippen LogP contribution in [0.25, 0.3) is 0 Å². The summed E-state index contributed by atoms with van der Waals surface area (Å²) in [6.45, 7) is 9.94. The van der Waals surface area contributed by atoms with Crippen molar-refractivity contribution in [2.45, 2.75) is 39.7 Å². The summed E-state index contributed by atoms with van der Waals surface area (Å²) in [5.74, 6) is 0.319. The van der Waals surface area contributed by atoms with E-state index in [1.54, 1.807) is 56.7 Å². The summed E-state index contributed by atoms with van der Waals surface area (Å²) in [5.41, 5.74) is 13.7. The van der Waals surface area contributed by atoms with Gasteiger partial charge in [0, 0.05) is 31.5 Å². The predicted molar refractivity (Wildman–Crippen MR) is 175 cm³/mol. The predicted octanol–water partition coefficient (Wildman–Crippen LogP) is 5.36. The number of aryl methyl sites for hydroxylation is 1. The summed E-state index contributed by atoms with van der Waals surface area (Å²) < 4.78 is 5.27. The van der Waals surface area contributed by atoms with Gasteiger partial charge in [0.05, 0.1) is 24.2 Å². The van der Waals surface area contributed by atoms with Gasteiger partial charge in [-0.15, -0.1) is 0 Å². The molecule has 2 aromatic rings. The van der Waals surface area contributed by atoms with Gasteiger partial charge in [0.2, 0.25) is 0 Å². The molecule has 1 atom stereocenters. The Hall–Kier alpha value is -4.80. The van der Waals surface area contributed by atoms with Crippen LogP contribution in [0.5, 0.6) is 0 Å². The van der Waals surface area contributed by atoms with Crippen molar-refractivity contribution < 1.29 is 19.5 Å². The summed E-state index contributed by atoms with van der Waals surface area (Å²) in [6, 6.07) is 14.2. The van der Waals surface area contributed by atoms with Gasteiger partial charge in [-0.2, -0.15) is 5.48 Å². The van der Waals surface area contributed by atoms with Gasteiger partial charge in [0.1, 0.15) is 24.0 Å². The lowest BCUT2D eigenvalue weighted by atomic mass is 9.96. The SMILES string of the molecule is C=C(/C(N)=C/Nc1cc(C(=O)NC(=C\OC)/C=C(\C=C(/C)ONC)C2(C)CC2)ccc1C)N(C)C(=N)C(O)c1ccccc1. The maximum atomic E-state index is 13.3. The molecule has 1 aliphatic carbocycles. The van der Waals surface area contributed by atoms with Crippen LogP contribution < -0.4 is 21.8 Å². The molecule has 234 valence electrons. The number of aliphatic hydroxyl groups excluding tert-OH is 1. The maximum absolute atomic E-state index is 13.3. The Bertz CT molecular complexity index is 1490. The number of amides is 1. The third-order valence-electron chi connectivity index (χ3n) is 7.49. The second-order valence-corrected chi connectivity index (χ2v) is 11.0. The standard InChI is InChI=1S/C34H44N6O4/c1-22-13-14-26(33(42)39-28(21-43-7)19-27(34(4)15-16-34)17-23(2)44-37-5)18-30(22)38-20-29(35)24(3)40(6)32(36)31(41)25-11-9-8-10-12-25/h8-14,17-21,31,36-38,41H,3,15-16,35H2,1-2,4-7H3,(H,39,42)/b23-17+,27-19+,28-21-,29-20-,36-32?. The van der Waals surface area contributed by atoms with E-state index >= 15 is 0 Å². The molecule has 0 aromatic heterocycles. The number of ether oxygens (including phenoxy) is 1. The van der Waals surface area contributed by atoms with E-state index in [1.807, 2.05) is 38.1 Å². The number of carbonyl (C=O) groups excluding carboxylic acids is 1. The first-order valence-electron chi connectivity index (χ1n) is 14.3. The van der Waals surface area contributed by atoms with Gasteiger partial charge in [0.25, 0.3) is 5.91 Å². The fraction of sp³-hybridized carbons (Fsp3) is 0.294. The number of rotatable bonds is 14. The van der Waals surface area contributed by atoms with Crippen LogP contribution in [0.3, 0.4) is 0 Å². The Morgan fingerprint density at radius 2 is 1.89 bits per heavy atom. The number of nitrogens with one attached hydrogen (secondary N) is 4. The number of anilines is 1. The van der Waals surface area contributed by atoms with Crippen LogP contribution >= 0.6 is 0 Å². The molecule has 0 aliphatic heterocycles. The maximum Gasteiger partial charge on any atom is 0.255 e. The van der Waals surface area contributed by atoms with Crippen molar-refractivity contribution in [1.82, 2.24) is 15.7 Å². The van der Waals surface area contributed by atoms with Gasteiger partial charge in [-0.25, -0.2) is 0 Å². The molecular weight excluding hydrogens is 556 g/mol. The molecule has 1 fully saturated rings. The van der Waals surface area contributed by atoms with E-state index in [1.165, 1.54) is 18.3 Å². The minimum absolute atomic E-state index is 0.000663. The van der Waals surface area contributed by atoms with Gasteiger partial charge in [-0.1, -0.05) is 49.9 Å². The van der Waals surface area contributed by atoms with E-state index in [0.29, 0.717) is 34.0 Å². The quantitative estimate of drug-likeness (QED) is 0.0559. The molecule has 7 N–H and O–H groups in total. The van der Waals surface area contributed by atoms with Gasteiger partial charge in [-0.3, -0.25) is 10.2 Å². The van der Waals surface area contributed by atoms with Crippen molar-refractivity contribution in [3.8, 4) is 0 Å². The van der Waals surface area contributed by atoms with Crippen LogP contribution in [0, 0.1) is 17.7 Å². The van der Waals surface area contributed by atoms with E-state index in [9.17, 15) is 9.90 Å². The van der Waals surface area contributed by atoms with Crippen LogP contribution in [0.2, 0.25) is 0 Å². The first kappa shape index (κ1) is 33.7. The number of hydrogen-bond acceptors (Lipinski definition) is 8. The Kier molecular flexibility index (Phi) is 11.6. The molecule has 2 aromatic carbocycles. The van der Waals surface area contributed by atoms with Gasteiger partial charge in [-0.05, 0) is 73.1 Å². The number of benzene rings is 2. The Morgan fingerprint density at radius 3 is 2.50 bits per heavy atom. The zero-order chi connectivity index (χ0) is 32.4. The molecule has 1 amide bonds. The molecule has 10 nitrogen and oxygen atoms in total. The van der Waals surface area contributed by atoms with Gasteiger partial charge < -0.3 is 35.9 Å². The molecule has 1 aliphatic rings. The first-order valence-corrected chi connectivity index (χ1v) is 14.3. The van der Waals surface area contributed by atoms with Gasteiger partial charge in [0.15, 0.2) is 0 Å². The highest BCUT2D eigenvalue weighted by Gasteiger charge is 2.40. The number of aliphatic hydroxyl groups is 1. The number of methoxy groups -OCH3 is 1. The molecule has 44 heavy (non-hydrogen) atoms. The zero-order valence-electron chi connectivity index (χ0n) is 26.3. The highest BCUT2D eigenvalue weighted by Crippen LogP contribution is 2.52. The summed E-state index contributed by atoms with van der Waals surface area (Å²) in [7, 11) is 4.85. The zero-order valence-corrected chi connectivity index (χ0v) is 26.3. The molecule has 0 bridgehead atoms. The number of amidine groups is 1. The number of nitrogens with two attached hydrogens (primary N) is 1. The fourth-order valence-electron chi connectivity index (χ4n) is 4.35. The molecule has 3 rings (SSSR count). The van der Waals surface area contributed by atoms with E-state index in [2.05, 4.69) is 29.6 Å². The van der Waals surface area contributed by atoms with E-state index < -0.39 is 6.10 Å². The van der Waals surface area contributed by atoms with E-state index in [4.69, 9.17) is 20.7 Å². The van der Waals surface area contributed by atoms with Crippen molar-refractivity contribution in [1.29, 1.82) is 5.41 Å².